The Hall–Kier alpha value is -1.88. The number of aromatic nitrogens is 2. The van der Waals surface area contributed by atoms with E-state index in [0.717, 1.165) is 55.1 Å². The summed E-state index contributed by atoms with van der Waals surface area (Å²) >= 11 is 0. The Labute approximate surface area is 131 Å². The molecule has 1 aromatic heterocycles. The van der Waals surface area contributed by atoms with Gasteiger partial charge in [-0.15, -0.1) is 0 Å². The van der Waals surface area contributed by atoms with Crippen LogP contribution in [0.2, 0.25) is 0 Å². The number of likely N-dealkylation sites (N-methyl/N-ethyl adjacent to an activating group) is 1. The maximum atomic E-state index is 12.5. The van der Waals surface area contributed by atoms with Gasteiger partial charge in [-0.2, -0.15) is 0 Å². The summed E-state index contributed by atoms with van der Waals surface area (Å²) < 4.78 is 2.07. The molecule has 1 fully saturated rings. The molecule has 0 atom stereocenters. The minimum absolute atomic E-state index is 0.225. The molecule has 0 saturated carbocycles. The van der Waals surface area contributed by atoms with Crippen molar-refractivity contribution in [2.45, 2.75) is 20.3 Å². The van der Waals surface area contributed by atoms with E-state index in [0.29, 0.717) is 6.42 Å². The average Bonchev–Trinajstić information content (AvgIpc) is 2.81. The number of hydrogen-bond acceptors (Lipinski definition) is 3. The molecule has 0 unspecified atom stereocenters. The number of benzene rings is 1. The maximum Gasteiger partial charge on any atom is 0.227 e. The summed E-state index contributed by atoms with van der Waals surface area (Å²) in [6, 6.07) is 6.15. The minimum atomic E-state index is 0.225. The van der Waals surface area contributed by atoms with Crippen LogP contribution >= 0.6 is 0 Å². The van der Waals surface area contributed by atoms with Crippen molar-refractivity contribution < 1.29 is 4.79 Å². The quantitative estimate of drug-likeness (QED) is 0.864. The molecule has 118 valence electrons. The highest BCUT2D eigenvalue weighted by molar-refractivity contribution is 5.82. The second-order valence-electron chi connectivity index (χ2n) is 6.03. The van der Waals surface area contributed by atoms with Crippen molar-refractivity contribution >= 4 is 16.9 Å². The summed E-state index contributed by atoms with van der Waals surface area (Å²) in [6.45, 7) is 8.90. The predicted octanol–water partition coefficient (Wildman–Crippen LogP) is 1.59. The lowest BCUT2D eigenvalue weighted by Crippen LogP contribution is -2.48. The van der Waals surface area contributed by atoms with Gasteiger partial charge in [0, 0.05) is 33.2 Å². The van der Waals surface area contributed by atoms with Gasteiger partial charge >= 0.3 is 0 Å². The lowest BCUT2D eigenvalue weighted by molar-refractivity contribution is -0.132. The van der Waals surface area contributed by atoms with Gasteiger partial charge < -0.3 is 14.4 Å². The van der Waals surface area contributed by atoms with Crippen LogP contribution in [-0.2, 0) is 18.3 Å². The van der Waals surface area contributed by atoms with Crippen molar-refractivity contribution in [2.24, 2.45) is 7.05 Å². The highest BCUT2D eigenvalue weighted by atomic mass is 16.2. The van der Waals surface area contributed by atoms with Gasteiger partial charge in [-0.05, 0) is 31.2 Å². The van der Waals surface area contributed by atoms with Crippen LogP contribution < -0.4 is 0 Å². The number of nitrogens with zero attached hydrogens (tertiary/aromatic N) is 4. The third-order valence-corrected chi connectivity index (χ3v) is 4.70. The summed E-state index contributed by atoms with van der Waals surface area (Å²) in [7, 11) is 2.02. The Kier molecular flexibility index (Phi) is 4.16. The molecule has 2 aromatic rings. The molecule has 0 bridgehead atoms. The number of imidazole rings is 1. The molecule has 3 rings (SSSR count). The van der Waals surface area contributed by atoms with Crippen LogP contribution in [0.3, 0.4) is 0 Å². The number of amides is 1. The Balaban J connectivity index is 1.69. The molecular weight excluding hydrogens is 276 g/mol. The molecule has 0 spiro atoms. The van der Waals surface area contributed by atoms with Gasteiger partial charge in [0.05, 0.1) is 17.5 Å². The number of piperazine rings is 1. The zero-order valence-corrected chi connectivity index (χ0v) is 13.7. The fraction of sp³-hybridized carbons (Fsp3) is 0.529. The van der Waals surface area contributed by atoms with Crippen molar-refractivity contribution in [3.63, 3.8) is 0 Å². The number of fused-ring (bicyclic) bond motifs is 1. The van der Waals surface area contributed by atoms with Crippen LogP contribution in [0.25, 0.3) is 11.0 Å². The van der Waals surface area contributed by atoms with E-state index in [2.05, 4.69) is 27.4 Å². The molecule has 1 amide bonds. The first kappa shape index (κ1) is 15.0. The number of carbonyl (C=O) groups is 1. The zero-order chi connectivity index (χ0) is 15.7. The smallest absolute Gasteiger partial charge is 0.227 e. The fourth-order valence-electron chi connectivity index (χ4n) is 3.08. The summed E-state index contributed by atoms with van der Waals surface area (Å²) in [6.07, 6.45) is 0.470. The van der Waals surface area contributed by atoms with E-state index in [-0.39, 0.29) is 5.91 Å². The first-order chi connectivity index (χ1) is 10.6. The second kappa shape index (κ2) is 6.08. The van der Waals surface area contributed by atoms with Crippen molar-refractivity contribution in [3.8, 4) is 0 Å². The van der Waals surface area contributed by atoms with Crippen LogP contribution in [0.5, 0.6) is 0 Å². The summed E-state index contributed by atoms with van der Waals surface area (Å²) in [5.41, 5.74) is 3.14. The number of aryl methyl sites for hydroxylation is 2. The highest BCUT2D eigenvalue weighted by Crippen LogP contribution is 2.17. The lowest BCUT2D eigenvalue weighted by Gasteiger charge is -2.34. The Morgan fingerprint density at radius 3 is 2.64 bits per heavy atom. The first-order valence-electron chi connectivity index (χ1n) is 8.00. The summed E-state index contributed by atoms with van der Waals surface area (Å²) in [4.78, 5) is 21.4. The van der Waals surface area contributed by atoms with Gasteiger partial charge in [0.15, 0.2) is 0 Å². The van der Waals surface area contributed by atoms with Crippen LogP contribution in [-0.4, -0.2) is 58.0 Å². The topological polar surface area (TPSA) is 41.4 Å². The third-order valence-electron chi connectivity index (χ3n) is 4.70. The van der Waals surface area contributed by atoms with E-state index >= 15 is 0 Å². The van der Waals surface area contributed by atoms with Gasteiger partial charge in [-0.25, -0.2) is 4.98 Å². The molecule has 2 heterocycles. The molecule has 1 aliphatic heterocycles. The molecular formula is C17H24N4O. The fourth-order valence-corrected chi connectivity index (χ4v) is 3.08. The molecule has 0 N–H and O–H groups in total. The predicted molar refractivity (Wildman–Crippen MR) is 87.8 cm³/mol. The Morgan fingerprint density at radius 1 is 1.23 bits per heavy atom. The van der Waals surface area contributed by atoms with Gasteiger partial charge in [-0.1, -0.05) is 13.0 Å². The van der Waals surface area contributed by atoms with E-state index in [4.69, 9.17) is 0 Å². The number of carbonyl (C=O) groups excluding carboxylic acids is 1. The van der Waals surface area contributed by atoms with E-state index in [1.807, 2.05) is 31.0 Å². The molecule has 5 nitrogen and oxygen atoms in total. The highest BCUT2D eigenvalue weighted by Gasteiger charge is 2.20. The van der Waals surface area contributed by atoms with E-state index < -0.39 is 0 Å². The third kappa shape index (κ3) is 2.86. The van der Waals surface area contributed by atoms with Crippen LogP contribution in [0.4, 0.5) is 0 Å². The SMILES string of the molecule is CCN1CCN(C(=O)Cc2ccc3c(c2)nc(C)n3C)CC1. The van der Waals surface area contributed by atoms with E-state index in [1.165, 1.54) is 0 Å². The molecule has 5 heteroatoms. The molecule has 1 aromatic carbocycles. The number of rotatable bonds is 3. The van der Waals surface area contributed by atoms with Crippen LogP contribution in [0.15, 0.2) is 18.2 Å². The summed E-state index contributed by atoms with van der Waals surface area (Å²) in [5.74, 6) is 1.22. The van der Waals surface area contributed by atoms with Gasteiger partial charge in [0.25, 0.3) is 0 Å². The van der Waals surface area contributed by atoms with E-state index in [9.17, 15) is 4.79 Å². The van der Waals surface area contributed by atoms with E-state index in [1.54, 1.807) is 0 Å². The molecule has 22 heavy (non-hydrogen) atoms. The Bertz CT molecular complexity index is 683. The van der Waals surface area contributed by atoms with Gasteiger partial charge in [-0.3, -0.25) is 4.79 Å². The second-order valence-corrected chi connectivity index (χ2v) is 6.03. The average molecular weight is 300 g/mol. The van der Waals surface area contributed by atoms with Crippen LogP contribution in [0, 0.1) is 6.92 Å². The standard InChI is InChI=1S/C17H24N4O/c1-4-20-7-9-21(10-8-20)17(22)12-14-5-6-16-15(11-14)18-13(2)19(16)3/h5-6,11H,4,7-10,12H2,1-3H3. The normalized spacial score (nSPS) is 16.4. The van der Waals surface area contributed by atoms with Crippen molar-refractivity contribution in [2.75, 3.05) is 32.7 Å². The largest absolute Gasteiger partial charge is 0.340 e. The zero-order valence-electron chi connectivity index (χ0n) is 13.7. The monoisotopic (exact) mass is 300 g/mol. The van der Waals surface area contributed by atoms with Crippen molar-refractivity contribution in [3.05, 3.63) is 29.6 Å². The molecule has 1 aliphatic rings. The molecule has 1 saturated heterocycles. The summed E-state index contributed by atoms with van der Waals surface area (Å²) in [5, 5.41) is 0. The van der Waals surface area contributed by atoms with Crippen LogP contribution in [0.1, 0.15) is 18.3 Å². The van der Waals surface area contributed by atoms with Gasteiger partial charge in [0.1, 0.15) is 5.82 Å². The number of hydrogen-bond donors (Lipinski definition) is 0. The minimum Gasteiger partial charge on any atom is -0.340 e. The van der Waals surface area contributed by atoms with Gasteiger partial charge in [0.2, 0.25) is 5.91 Å². The maximum absolute atomic E-state index is 12.5. The lowest BCUT2D eigenvalue weighted by atomic mass is 10.1. The molecule has 0 aliphatic carbocycles. The Morgan fingerprint density at radius 2 is 1.95 bits per heavy atom. The van der Waals surface area contributed by atoms with Crippen molar-refractivity contribution in [1.82, 2.24) is 19.4 Å². The first-order valence-corrected chi connectivity index (χ1v) is 8.00. The van der Waals surface area contributed by atoms with Crippen molar-refractivity contribution in [1.29, 1.82) is 0 Å². The molecule has 0 radical (unpaired) electrons.